The van der Waals surface area contributed by atoms with E-state index in [0.717, 1.165) is 12.8 Å². The maximum Gasteiger partial charge on any atom is 0.327 e. The second-order valence-electron chi connectivity index (χ2n) is 4.49. The van der Waals surface area contributed by atoms with E-state index in [-0.39, 0.29) is 11.3 Å². The van der Waals surface area contributed by atoms with Crippen LogP contribution in [0, 0.1) is 5.92 Å². The van der Waals surface area contributed by atoms with Gasteiger partial charge in [-0.25, -0.2) is 4.79 Å². The molecule has 1 aliphatic heterocycles. The number of rotatable bonds is 3. The Bertz CT molecular complexity index is 473. The molecule has 2 heterocycles. The molecule has 18 heavy (non-hydrogen) atoms. The molecule has 1 aromatic rings. The standard InChI is InChI=1S/C11H12N2O3S2/c14-9(8-3-12-5-18-8)13-7(11(15)16)4-17-10(13)6-1-2-6/h3,5-7,10H,1-2,4H2,(H,15,16). The van der Waals surface area contributed by atoms with E-state index in [2.05, 4.69) is 4.98 Å². The summed E-state index contributed by atoms with van der Waals surface area (Å²) in [5.74, 6) is -0.146. The minimum Gasteiger partial charge on any atom is -0.480 e. The van der Waals surface area contributed by atoms with Gasteiger partial charge in [-0.05, 0) is 18.8 Å². The fourth-order valence-electron chi connectivity index (χ4n) is 2.17. The summed E-state index contributed by atoms with van der Waals surface area (Å²) in [5, 5.41) is 9.26. The van der Waals surface area contributed by atoms with Crippen LogP contribution in [0.25, 0.3) is 0 Å². The summed E-state index contributed by atoms with van der Waals surface area (Å²) in [6.45, 7) is 0. The summed E-state index contributed by atoms with van der Waals surface area (Å²) in [5.41, 5.74) is 1.60. The highest BCUT2D eigenvalue weighted by molar-refractivity contribution is 8.00. The van der Waals surface area contributed by atoms with Crippen LogP contribution in [0.15, 0.2) is 11.7 Å². The molecule has 5 nitrogen and oxygen atoms in total. The van der Waals surface area contributed by atoms with Gasteiger partial charge in [0.2, 0.25) is 0 Å². The van der Waals surface area contributed by atoms with Gasteiger partial charge in [-0.1, -0.05) is 0 Å². The summed E-state index contributed by atoms with van der Waals surface area (Å²) in [4.78, 5) is 29.6. The lowest BCUT2D eigenvalue weighted by Crippen LogP contribution is -2.46. The highest BCUT2D eigenvalue weighted by Gasteiger charge is 2.48. The van der Waals surface area contributed by atoms with Crippen molar-refractivity contribution in [2.75, 3.05) is 5.75 Å². The molecule has 1 N–H and O–H groups in total. The molecule has 1 saturated carbocycles. The zero-order chi connectivity index (χ0) is 12.7. The molecule has 0 bridgehead atoms. The van der Waals surface area contributed by atoms with E-state index in [1.165, 1.54) is 17.5 Å². The third kappa shape index (κ3) is 2.01. The van der Waals surface area contributed by atoms with Crippen molar-refractivity contribution in [2.45, 2.75) is 24.3 Å². The Labute approximate surface area is 112 Å². The first kappa shape index (κ1) is 12.0. The fraction of sp³-hybridized carbons (Fsp3) is 0.545. The van der Waals surface area contributed by atoms with Crippen LogP contribution in [0.4, 0.5) is 0 Å². The first-order valence-corrected chi connectivity index (χ1v) is 7.67. The Morgan fingerprint density at radius 2 is 2.22 bits per heavy atom. The number of nitrogens with zero attached hydrogens (tertiary/aromatic N) is 2. The predicted molar refractivity (Wildman–Crippen MR) is 68.7 cm³/mol. The molecule has 2 aliphatic rings. The van der Waals surface area contributed by atoms with Crippen molar-refractivity contribution in [3.05, 3.63) is 16.6 Å². The molecule has 1 aliphatic carbocycles. The number of amides is 1. The lowest BCUT2D eigenvalue weighted by Gasteiger charge is -2.26. The van der Waals surface area contributed by atoms with E-state index in [1.54, 1.807) is 22.2 Å². The molecule has 96 valence electrons. The first-order valence-electron chi connectivity index (χ1n) is 5.74. The van der Waals surface area contributed by atoms with Crippen molar-refractivity contribution < 1.29 is 14.7 Å². The number of aromatic nitrogens is 1. The number of thiazole rings is 1. The van der Waals surface area contributed by atoms with Crippen molar-refractivity contribution in [3.63, 3.8) is 0 Å². The molecular weight excluding hydrogens is 272 g/mol. The van der Waals surface area contributed by atoms with E-state index in [0.29, 0.717) is 16.5 Å². The van der Waals surface area contributed by atoms with Crippen molar-refractivity contribution in [3.8, 4) is 0 Å². The summed E-state index contributed by atoms with van der Waals surface area (Å²) in [6, 6.07) is -0.699. The third-order valence-corrected chi connectivity index (χ3v) is 5.45. The van der Waals surface area contributed by atoms with Gasteiger partial charge in [-0.3, -0.25) is 9.78 Å². The Hall–Kier alpha value is -1.08. The normalized spacial score (nSPS) is 27.4. The zero-order valence-corrected chi connectivity index (χ0v) is 11.1. The molecule has 2 fully saturated rings. The molecule has 1 aromatic heterocycles. The first-order chi connectivity index (χ1) is 8.68. The summed E-state index contributed by atoms with van der Waals surface area (Å²) < 4.78 is 0. The number of hydrogen-bond donors (Lipinski definition) is 1. The number of hydrogen-bond acceptors (Lipinski definition) is 5. The molecule has 2 unspecified atom stereocenters. The maximum atomic E-state index is 12.4. The molecule has 1 saturated heterocycles. The van der Waals surface area contributed by atoms with Crippen molar-refractivity contribution >= 4 is 35.0 Å². The molecule has 0 aromatic carbocycles. The largest absolute Gasteiger partial charge is 0.480 e. The third-order valence-electron chi connectivity index (χ3n) is 3.22. The second kappa shape index (κ2) is 4.55. The number of carboxylic acids is 1. The summed E-state index contributed by atoms with van der Waals surface area (Å²) in [7, 11) is 0. The minimum atomic E-state index is -0.913. The van der Waals surface area contributed by atoms with Crippen LogP contribution in [0.5, 0.6) is 0 Å². The highest BCUT2D eigenvalue weighted by atomic mass is 32.2. The Balaban J connectivity index is 1.88. The van der Waals surface area contributed by atoms with Gasteiger partial charge in [0.25, 0.3) is 5.91 Å². The lowest BCUT2D eigenvalue weighted by molar-refractivity contribution is -0.141. The van der Waals surface area contributed by atoms with Gasteiger partial charge in [-0.2, -0.15) is 0 Å². The summed E-state index contributed by atoms with van der Waals surface area (Å²) >= 11 is 2.85. The van der Waals surface area contributed by atoms with Crippen LogP contribution in [0.1, 0.15) is 22.5 Å². The SMILES string of the molecule is O=C(O)C1CSC(C2CC2)N1C(=O)c1cncs1. The van der Waals surface area contributed by atoms with Gasteiger partial charge in [0.1, 0.15) is 10.9 Å². The summed E-state index contributed by atoms with van der Waals surface area (Å²) in [6.07, 6.45) is 3.70. The Morgan fingerprint density at radius 3 is 2.78 bits per heavy atom. The van der Waals surface area contributed by atoms with Gasteiger partial charge in [0.15, 0.2) is 0 Å². The lowest BCUT2D eigenvalue weighted by atomic mass is 10.2. The minimum absolute atomic E-state index is 0.0284. The van der Waals surface area contributed by atoms with Crippen LogP contribution in [-0.2, 0) is 4.79 Å². The quantitative estimate of drug-likeness (QED) is 0.911. The average molecular weight is 284 g/mol. The van der Waals surface area contributed by atoms with Crippen LogP contribution >= 0.6 is 23.1 Å². The number of carbonyl (C=O) groups excluding carboxylic acids is 1. The van der Waals surface area contributed by atoms with Crippen molar-refractivity contribution in [1.29, 1.82) is 0 Å². The van der Waals surface area contributed by atoms with Crippen molar-refractivity contribution in [1.82, 2.24) is 9.88 Å². The van der Waals surface area contributed by atoms with Gasteiger partial charge < -0.3 is 10.0 Å². The van der Waals surface area contributed by atoms with Crippen molar-refractivity contribution in [2.24, 2.45) is 5.92 Å². The number of thioether (sulfide) groups is 1. The molecule has 2 atom stereocenters. The molecular formula is C11H12N2O3S2. The van der Waals surface area contributed by atoms with E-state index in [4.69, 9.17) is 0 Å². The monoisotopic (exact) mass is 284 g/mol. The zero-order valence-electron chi connectivity index (χ0n) is 9.48. The van der Waals surface area contributed by atoms with Gasteiger partial charge in [0, 0.05) is 5.75 Å². The van der Waals surface area contributed by atoms with E-state index < -0.39 is 12.0 Å². The number of aliphatic carboxylic acids is 1. The molecule has 1 amide bonds. The van der Waals surface area contributed by atoms with E-state index >= 15 is 0 Å². The Kier molecular flexibility index (Phi) is 3.03. The van der Waals surface area contributed by atoms with Crippen LogP contribution in [0.3, 0.4) is 0 Å². The average Bonchev–Trinajstić information content (AvgIpc) is 2.91. The van der Waals surface area contributed by atoms with Gasteiger partial charge in [-0.15, -0.1) is 23.1 Å². The van der Waals surface area contributed by atoms with Gasteiger partial charge in [0.05, 0.1) is 17.1 Å². The fourth-order valence-corrected chi connectivity index (χ4v) is 4.36. The van der Waals surface area contributed by atoms with Gasteiger partial charge >= 0.3 is 5.97 Å². The Morgan fingerprint density at radius 1 is 1.44 bits per heavy atom. The molecule has 0 radical (unpaired) electrons. The van der Waals surface area contributed by atoms with E-state index in [1.807, 2.05) is 0 Å². The number of carboxylic acid groups (broad SMARTS) is 1. The van der Waals surface area contributed by atoms with E-state index in [9.17, 15) is 14.7 Å². The molecule has 0 spiro atoms. The topological polar surface area (TPSA) is 70.5 Å². The second-order valence-corrected chi connectivity index (χ2v) is 6.53. The van der Waals surface area contributed by atoms with Crippen LogP contribution < -0.4 is 0 Å². The molecule has 7 heteroatoms. The van der Waals surface area contributed by atoms with Crippen LogP contribution in [0.2, 0.25) is 0 Å². The predicted octanol–water partition coefficient (Wildman–Crippen LogP) is 1.52. The highest BCUT2D eigenvalue weighted by Crippen LogP contribution is 2.46. The maximum absolute atomic E-state index is 12.4. The smallest absolute Gasteiger partial charge is 0.327 e. The van der Waals surface area contributed by atoms with Crippen LogP contribution in [-0.4, -0.2) is 44.0 Å². The molecule has 3 rings (SSSR count). The number of carbonyl (C=O) groups is 2.